The Balaban J connectivity index is 1.38. The van der Waals surface area contributed by atoms with E-state index in [-0.39, 0.29) is 18.1 Å². The van der Waals surface area contributed by atoms with Crippen LogP contribution < -0.4 is 10.9 Å². The van der Waals surface area contributed by atoms with Crippen LogP contribution in [0, 0.1) is 0 Å². The zero-order chi connectivity index (χ0) is 20.2. The molecule has 2 aromatic carbocycles. The largest absolute Gasteiger partial charge is 0.456 e. The van der Waals surface area contributed by atoms with Crippen LogP contribution in [-0.4, -0.2) is 21.3 Å². The van der Waals surface area contributed by atoms with Crippen molar-refractivity contribution in [2.75, 3.05) is 5.32 Å². The van der Waals surface area contributed by atoms with Crippen LogP contribution in [0.15, 0.2) is 77.0 Å². The van der Waals surface area contributed by atoms with Crippen molar-refractivity contribution in [2.45, 2.75) is 6.61 Å². The Morgan fingerprint density at radius 1 is 1.03 bits per heavy atom. The summed E-state index contributed by atoms with van der Waals surface area (Å²) >= 11 is 1.33. The highest BCUT2D eigenvalue weighted by atomic mass is 32.1. The molecule has 29 heavy (non-hydrogen) atoms. The van der Waals surface area contributed by atoms with Gasteiger partial charge in [-0.05, 0) is 36.4 Å². The van der Waals surface area contributed by atoms with E-state index in [1.807, 2.05) is 6.07 Å². The predicted molar refractivity (Wildman–Crippen MR) is 109 cm³/mol. The molecule has 2 aromatic heterocycles. The third-order valence-electron chi connectivity index (χ3n) is 4.12. The molecule has 0 aliphatic heterocycles. The molecule has 0 bridgehead atoms. The SMILES string of the molecule is O=C(Nc1ccc(C(=O)OCc2cc(=O)n3ccsc3n2)cc1)c1ccccc1. The third kappa shape index (κ3) is 4.22. The van der Waals surface area contributed by atoms with Crippen LogP contribution in [0.2, 0.25) is 0 Å². The Morgan fingerprint density at radius 3 is 2.55 bits per heavy atom. The number of hydrogen-bond acceptors (Lipinski definition) is 6. The average molecular weight is 405 g/mol. The molecule has 0 radical (unpaired) electrons. The summed E-state index contributed by atoms with van der Waals surface area (Å²) in [6.07, 6.45) is 1.64. The minimum Gasteiger partial charge on any atom is -0.456 e. The van der Waals surface area contributed by atoms with E-state index in [4.69, 9.17) is 4.74 Å². The molecule has 0 aliphatic carbocycles. The number of thiazole rings is 1. The Hall–Kier alpha value is -3.78. The molecule has 0 saturated heterocycles. The van der Waals surface area contributed by atoms with Crippen LogP contribution in [0.3, 0.4) is 0 Å². The Morgan fingerprint density at radius 2 is 1.79 bits per heavy atom. The van der Waals surface area contributed by atoms with Crippen molar-refractivity contribution >= 4 is 33.9 Å². The quantitative estimate of drug-likeness (QED) is 0.514. The maximum atomic E-state index is 12.3. The van der Waals surface area contributed by atoms with Crippen molar-refractivity contribution in [3.8, 4) is 0 Å². The van der Waals surface area contributed by atoms with Gasteiger partial charge in [-0.3, -0.25) is 14.0 Å². The zero-order valence-electron chi connectivity index (χ0n) is 15.1. The predicted octanol–water partition coefficient (Wildman–Crippen LogP) is 3.37. The van der Waals surface area contributed by atoms with E-state index in [0.717, 1.165) is 0 Å². The fourth-order valence-electron chi connectivity index (χ4n) is 2.67. The second-order valence-corrected chi connectivity index (χ2v) is 6.99. The molecule has 8 heteroatoms. The topological polar surface area (TPSA) is 89.8 Å². The minimum absolute atomic E-state index is 0.102. The number of nitrogens with zero attached hydrogens (tertiary/aromatic N) is 2. The van der Waals surface area contributed by atoms with E-state index < -0.39 is 5.97 Å². The van der Waals surface area contributed by atoms with Gasteiger partial charge in [-0.25, -0.2) is 9.78 Å². The number of nitrogens with one attached hydrogen (secondary N) is 1. The lowest BCUT2D eigenvalue weighted by molar-refractivity contribution is 0.0467. The van der Waals surface area contributed by atoms with Gasteiger partial charge in [-0.2, -0.15) is 0 Å². The lowest BCUT2D eigenvalue weighted by Gasteiger charge is -2.07. The van der Waals surface area contributed by atoms with Crippen LogP contribution in [0.25, 0.3) is 4.96 Å². The highest BCUT2D eigenvalue weighted by Gasteiger charge is 2.11. The summed E-state index contributed by atoms with van der Waals surface area (Å²) in [4.78, 5) is 41.2. The zero-order valence-corrected chi connectivity index (χ0v) is 15.9. The Kier molecular flexibility index (Phi) is 5.17. The standard InChI is InChI=1S/C21H15N3O4S/c25-18-12-17(23-21-24(18)10-11-29-21)13-28-20(27)15-6-8-16(9-7-15)22-19(26)14-4-2-1-3-5-14/h1-12H,13H2,(H,22,26). The van der Waals surface area contributed by atoms with Gasteiger partial charge in [0.25, 0.3) is 11.5 Å². The molecule has 0 spiro atoms. The fraction of sp³-hybridized carbons (Fsp3) is 0.0476. The Labute approximate surface area is 169 Å². The maximum absolute atomic E-state index is 12.3. The number of rotatable bonds is 5. The molecule has 2 heterocycles. The van der Waals surface area contributed by atoms with E-state index in [9.17, 15) is 14.4 Å². The van der Waals surface area contributed by atoms with Crippen molar-refractivity contribution in [1.29, 1.82) is 0 Å². The minimum atomic E-state index is -0.542. The van der Waals surface area contributed by atoms with E-state index in [0.29, 0.717) is 27.5 Å². The second-order valence-electron chi connectivity index (χ2n) is 6.11. The molecular formula is C21H15N3O4S. The maximum Gasteiger partial charge on any atom is 0.338 e. The summed E-state index contributed by atoms with van der Waals surface area (Å²) in [6, 6.07) is 16.6. The summed E-state index contributed by atoms with van der Waals surface area (Å²) < 4.78 is 6.68. The first-order valence-corrected chi connectivity index (χ1v) is 9.57. The smallest absolute Gasteiger partial charge is 0.338 e. The first-order chi connectivity index (χ1) is 14.1. The summed E-state index contributed by atoms with van der Waals surface area (Å²) in [5.74, 6) is -0.777. The van der Waals surface area contributed by atoms with Gasteiger partial charge in [0.2, 0.25) is 0 Å². The highest BCUT2D eigenvalue weighted by Crippen LogP contribution is 2.13. The number of benzene rings is 2. The van der Waals surface area contributed by atoms with Crippen molar-refractivity contribution in [3.05, 3.63) is 99.4 Å². The van der Waals surface area contributed by atoms with Gasteiger partial charge < -0.3 is 10.1 Å². The molecule has 0 fully saturated rings. The number of carbonyl (C=O) groups excluding carboxylic acids is 2. The summed E-state index contributed by atoms with van der Waals surface area (Å²) in [6.45, 7) is -0.102. The number of aromatic nitrogens is 2. The highest BCUT2D eigenvalue weighted by molar-refractivity contribution is 7.15. The average Bonchev–Trinajstić information content (AvgIpc) is 3.22. The molecule has 0 unspecified atom stereocenters. The second kappa shape index (κ2) is 8.07. The molecule has 0 saturated carbocycles. The Bertz CT molecular complexity index is 1230. The van der Waals surface area contributed by atoms with E-state index in [1.54, 1.807) is 60.1 Å². The number of esters is 1. The van der Waals surface area contributed by atoms with E-state index in [1.165, 1.54) is 21.8 Å². The van der Waals surface area contributed by atoms with Gasteiger partial charge in [-0.1, -0.05) is 18.2 Å². The van der Waals surface area contributed by atoms with Gasteiger partial charge in [0.1, 0.15) is 6.61 Å². The molecule has 1 amide bonds. The molecule has 7 nitrogen and oxygen atoms in total. The van der Waals surface area contributed by atoms with E-state index in [2.05, 4.69) is 10.3 Å². The number of ether oxygens (including phenoxy) is 1. The number of amides is 1. The first kappa shape index (κ1) is 18.6. The summed E-state index contributed by atoms with van der Waals surface area (Å²) in [7, 11) is 0. The normalized spacial score (nSPS) is 10.6. The number of carbonyl (C=O) groups is 2. The van der Waals surface area contributed by atoms with Crippen molar-refractivity contribution < 1.29 is 14.3 Å². The molecule has 0 aliphatic rings. The number of hydrogen-bond donors (Lipinski definition) is 1. The third-order valence-corrected chi connectivity index (χ3v) is 4.88. The van der Waals surface area contributed by atoms with Crippen molar-refractivity contribution in [3.63, 3.8) is 0 Å². The van der Waals surface area contributed by atoms with E-state index >= 15 is 0 Å². The van der Waals surface area contributed by atoms with Crippen LogP contribution in [0.4, 0.5) is 5.69 Å². The first-order valence-electron chi connectivity index (χ1n) is 8.69. The summed E-state index contributed by atoms with van der Waals surface area (Å²) in [5, 5.41) is 4.53. The number of anilines is 1. The lowest BCUT2D eigenvalue weighted by Crippen LogP contribution is -2.15. The fourth-order valence-corrected chi connectivity index (χ4v) is 3.41. The van der Waals surface area contributed by atoms with Gasteiger partial charge >= 0.3 is 5.97 Å². The monoisotopic (exact) mass is 405 g/mol. The van der Waals surface area contributed by atoms with Gasteiger partial charge in [0, 0.05) is 28.9 Å². The molecular weight excluding hydrogens is 390 g/mol. The molecule has 144 valence electrons. The molecule has 1 N–H and O–H groups in total. The van der Waals surface area contributed by atoms with Crippen LogP contribution in [0.1, 0.15) is 26.4 Å². The summed E-state index contributed by atoms with van der Waals surface area (Å²) in [5.41, 5.74) is 1.60. The molecule has 0 atom stereocenters. The lowest BCUT2D eigenvalue weighted by atomic mass is 10.2. The van der Waals surface area contributed by atoms with Crippen LogP contribution >= 0.6 is 11.3 Å². The van der Waals surface area contributed by atoms with Crippen LogP contribution in [0.5, 0.6) is 0 Å². The van der Waals surface area contributed by atoms with Gasteiger partial charge in [-0.15, -0.1) is 11.3 Å². The molecule has 4 rings (SSSR count). The van der Waals surface area contributed by atoms with Gasteiger partial charge in [0.15, 0.2) is 4.96 Å². The number of fused-ring (bicyclic) bond motifs is 1. The molecule has 4 aromatic rings. The van der Waals surface area contributed by atoms with Crippen molar-refractivity contribution in [1.82, 2.24) is 9.38 Å². The van der Waals surface area contributed by atoms with Crippen LogP contribution in [-0.2, 0) is 11.3 Å². The van der Waals surface area contributed by atoms with Crippen molar-refractivity contribution in [2.24, 2.45) is 0 Å². The van der Waals surface area contributed by atoms with Gasteiger partial charge in [0.05, 0.1) is 11.3 Å².